The number of hydrogen-bond acceptors (Lipinski definition) is 3. The van der Waals surface area contributed by atoms with Crippen LogP contribution in [0.5, 0.6) is 5.75 Å². The van der Waals surface area contributed by atoms with Gasteiger partial charge in [0.05, 0.1) is 5.69 Å². The van der Waals surface area contributed by atoms with Gasteiger partial charge in [0, 0.05) is 6.54 Å². The van der Waals surface area contributed by atoms with Crippen molar-refractivity contribution < 1.29 is 9.53 Å². The maximum absolute atomic E-state index is 11.3. The zero-order valence-corrected chi connectivity index (χ0v) is 11.9. The first-order chi connectivity index (χ1) is 9.72. The van der Waals surface area contributed by atoms with E-state index in [1.54, 1.807) is 0 Å². The summed E-state index contributed by atoms with van der Waals surface area (Å²) in [4.78, 5) is 11.3. The number of nitrogens with one attached hydrogen (secondary N) is 2. The van der Waals surface area contributed by atoms with Crippen molar-refractivity contribution in [3.63, 3.8) is 0 Å². The smallest absolute Gasteiger partial charge is 0.262 e. The third-order valence-electron chi connectivity index (χ3n) is 4.45. The van der Waals surface area contributed by atoms with E-state index in [0.717, 1.165) is 36.4 Å². The molecule has 2 unspecified atom stereocenters. The van der Waals surface area contributed by atoms with E-state index in [9.17, 15) is 4.79 Å². The van der Waals surface area contributed by atoms with E-state index >= 15 is 0 Å². The summed E-state index contributed by atoms with van der Waals surface area (Å²) < 4.78 is 5.36. The highest BCUT2D eigenvalue weighted by molar-refractivity contribution is 5.95. The van der Waals surface area contributed by atoms with Crippen LogP contribution in [0, 0.1) is 11.8 Å². The Labute approximate surface area is 119 Å². The van der Waals surface area contributed by atoms with Crippen LogP contribution in [-0.2, 0) is 11.3 Å². The van der Waals surface area contributed by atoms with E-state index in [-0.39, 0.29) is 12.5 Å². The predicted octanol–water partition coefficient (Wildman–Crippen LogP) is 2.54. The molecule has 4 heteroatoms. The highest BCUT2D eigenvalue weighted by atomic mass is 16.5. The van der Waals surface area contributed by atoms with Gasteiger partial charge >= 0.3 is 0 Å². The molecule has 0 saturated heterocycles. The van der Waals surface area contributed by atoms with Gasteiger partial charge in [-0.3, -0.25) is 4.79 Å². The lowest BCUT2D eigenvalue weighted by Crippen LogP contribution is -2.26. The summed E-state index contributed by atoms with van der Waals surface area (Å²) in [5.41, 5.74) is 1.97. The molecule has 1 aliphatic carbocycles. The van der Waals surface area contributed by atoms with Crippen molar-refractivity contribution in [2.45, 2.75) is 32.7 Å². The van der Waals surface area contributed by atoms with Crippen LogP contribution in [0.1, 0.15) is 31.7 Å². The number of benzene rings is 1. The molecular weight excluding hydrogens is 252 g/mol. The summed E-state index contributed by atoms with van der Waals surface area (Å²) in [6, 6.07) is 5.99. The van der Waals surface area contributed by atoms with Gasteiger partial charge in [-0.1, -0.05) is 25.8 Å². The summed E-state index contributed by atoms with van der Waals surface area (Å²) in [6.07, 6.45) is 4.09. The minimum absolute atomic E-state index is 0.0811. The summed E-state index contributed by atoms with van der Waals surface area (Å²) in [5, 5.41) is 6.39. The van der Waals surface area contributed by atoms with Crippen LogP contribution in [0.15, 0.2) is 18.2 Å². The highest BCUT2D eigenvalue weighted by Crippen LogP contribution is 2.31. The van der Waals surface area contributed by atoms with Crippen molar-refractivity contribution in [3.05, 3.63) is 23.8 Å². The maximum atomic E-state index is 11.3. The van der Waals surface area contributed by atoms with Crippen LogP contribution in [0.2, 0.25) is 0 Å². The van der Waals surface area contributed by atoms with Crippen molar-refractivity contribution in [1.29, 1.82) is 0 Å². The Bertz CT molecular complexity index is 501. The first-order valence-electron chi connectivity index (χ1n) is 7.48. The zero-order valence-electron chi connectivity index (χ0n) is 11.9. The molecule has 20 heavy (non-hydrogen) atoms. The minimum atomic E-state index is -0.0811. The lowest BCUT2D eigenvalue weighted by molar-refractivity contribution is -0.118. The molecular formula is C16H22N2O2. The lowest BCUT2D eigenvalue weighted by atomic mass is 9.98. The van der Waals surface area contributed by atoms with Crippen LogP contribution >= 0.6 is 0 Å². The van der Waals surface area contributed by atoms with Gasteiger partial charge in [-0.25, -0.2) is 0 Å². The molecule has 1 aliphatic heterocycles. The van der Waals surface area contributed by atoms with E-state index < -0.39 is 0 Å². The van der Waals surface area contributed by atoms with E-state index in [1.165, 1.54) is 24.8 Å². The number of amides is 1. The average molecular weight is 274 g/mol. The van der Waals surface area contributed by atoms with E-state index in [2.05, 4.69) is 23.6 Å². The fraction of sp³-hybridized carbons (Fsp3) is 0.562. The van der Waals surface area contributed by atoms with Gasteiger partial charge in [0.1, 0.15) is 5.75 Å². The molecule has 0 aromatic heterocycles. The van der Waals surface area contributed by atoms with Gasteiger partial charge in [-0.2, -0.15) is 0 Å². The Balaban J connectivity index is 1.55. The van der Waals surface area contributed by atoms with E-state index in [1.807, 2.05) is 12.1 Å². The lowest BCUT2D eigenvalue weighted by Gasteiger charge is -2.19. The normalized spacial score (nSPS) is 24.9. The number of ether oxygens (including phenoxy) is 1. The number of fused-ring (bicyclic) bond motifs is 1. The molecule has 108 valence electrons. The van der Waals surface area contributed by atoms with Crippen LogP contribution < -0.4 is 15.4 Å². The summed E-state index contributed by atoms with van der Waals surface area (Å²) in [7, 11) is 0. The second kappa shape index (κ2) is 5.83. The van der Waals surface area contributed by atoms with Crippen LogP contribution in [0.3, 0.4) is 0 Å². The average Bonchev–Trinajstić information content (AvgIpc) is 2.84. The maximum Gasteiger partial charge on any atom is 0.262 e. The number of rotatable bonds is 4. The van der Waals surface area contributed by atoms with Crippen molar-refractivity contribution >= 4 is 11.6 Å². The van der Waals surface area contributed by atoms with Gasteiger partial charge in [-0.05, 0) is 42.5 Å². The van der Waals surface area contributed by atoms with Crippen LogP contribution in [-0.4, -0.2) is 19.1 Å². The van der Waals surface area contributed by atoms with E-state index in [0.29, 0.717) is 0 Å². The Morgan fingerprint density at radius 1 is 1.40 bits per heavy atom. The number of carbonyl (C=O) groups is 1. The number of hydrogen-bond donors (Lipinski definition) is 2. The molecule has 2 N–H and O–H groups in total. The number of anilines is 1. The predicted molar refractivity (Wildman–Crippen MR) is 78.8 cm³/mol. The molecule has 3 rings (SSSR count). The standard InChI is InChI=1S/C16H22N2O2/c1-11-3-2-4-13(11)9-17-8-12-5-6-15-14(7-12)18-16(19)10-20-15/h5-7,11,13,17H,2-4,8-10H2,1H3,(H,18,19). The molecule has 4 nitrogen and oxygen atoms in total. The largest absolute Gasteiger partial charge is 0.482 e. The van der Waals surface area contributed by atoms with Crippen LogP contribution in [0.25, 0.3) is 0 Å². The molecule has 1 aromatic carbocycles. The fourth-order valence-corrected chi connectivity index (χ4v) is 3.17. The Morgan fingerprint density at radius 2 is 2.30 bits per heavy atom. The molecule has 1 saturated carbocycles. The molecule has 0 radical (unpaired) electrons. The second-order valence-electron chi connectivity index (χ2n) is 5.97. The van der Waals surface area contributed by atoms with Crippen molar-refractivity contribution in [1.82, 2.24) is 5.32 Å². The third-order valence-corrected chi connectivity index (χ3v) is 4.45. The van der Waals surface area contributed by atoms with Gasteiger partial charge in [0.25, 0.3) is 5.91 Å². The van der Waals surface area contributed by atoms with Crippen molar-refractivity contribution in [3.8, 4) is 5.75 Å². The van der Waals surface area contributed by atoms with Crippen molar-refractivity contribution in [2.75, 3.05) is 18.5 Å². The quantitative estimate of drug-likeness (QED) is 0.887. The van der Waals surface area contributed by atoms with Gasteiger partial charge in [0.2, 0.25) is 0 Å². The molecule has 0 bridgehead atoms. The molecule has 2 aliphatic rings. The highest BCUT2D eigenvalue weighted by Gasteiger charge is 2.22. The second-order valence-corrected chi connectivity index (χ2v) is 5.97. The topological polar surface area (TPSA) is 50.4 Å². The monoisotopic (exact) mass is 274 g/mol. The summed E-state index contributed by atoms with van der Waals surface area (Å²) in [5.74, 6) is 2.34. The summed E-state index contributed by atoms with van der Waals surface area (Å²) >= 11 is 0. The number of carbonyl (C=O) groups excluding carboxylic acids is 1. The first kappa shape index (κ1) is 13.4. The van der Waals surface area contributed by atoms with Crippen LogP contribution in [0.4, 0.5) is 5.69 Å². The Morgan fingerprint density at radius 3 is 3.10 bits per heavy atom. The molecule has 1 heterocycles. The molecule has 1 aromatic rings. The van der Waals surface area contributed by atoms with E-state index in [4.69, 9.17) is 4.74 Å². The summed E-state index contributed by atoms with van der Waals surface area (Å²) in [6.45, 7) is 4.39. The Kier molecular flexibility index (Phi) is 3.92. The molecule has 2 atom stereocenters. The SMILES string of the molecule is CC1CCCC1CNCc1ccc2c(c1)NC(=O)CO2. The molecule has 1 fully saturated rings. The minimum Gasteiger partial charge on any atom is -0.482 e. The van der Waals surface area contributed by atoms with Gasteiger partial charge in [-0.15, -0.1) is 0 Å². The van der Waals surface area contributed by atoms with Gasteiger partial charge < -0.3 is 15.4 Å². The third kappa shape index (κ3) is 2.96. The fourth-order valence-electron chi connectivity index (χ4n) is 3.17. The Hall–Kier alpha value is -1.55. The molecule has 1 amide bonds. The zero-order chi connectivity index (χ0) is 13.9. The van der Waals surface area contributed by atoms with Crippen molar-refractivity contribution in [2.24, 2.45) is 11.8 Å². The first-order valence-corrected chi connectivity index (χ1v) is 7.48. The molecule has 0 spiro atoms. The van der Waals surface area contributed by atoms with Gasteiger partial charge in [0.15, 0.2) is 6.61 Å².